The highest BCUT2D eigenvalue weighted by Gasteiger charge is 2.22. The first-order valence-electron chi connectivity index (χ1n) is 8.60. The van der Waals surface area contributed by atoms with E-state index in [4.69, 9.17) is 9.15 Å². The second-order valence-electron chi connectivity index (χ2n) is 6.36. The third-order valence-corrected chi connectivity index (χ3v) is 4.51. The van der Waals surface area contributed by atoms with Gasteiger partial charge in [-0.2, -0.15) is 0 Å². The van der Waals surface area contributed by atoms with E-state index in [0.29, 0.717) is 5.69 Å². The molecule has 28 heavy (non-hydrogen) atoms. The molecule has 0 spiro atoms. The summed E-state index contributed by atoms with van der Waals surface area (Å²) in [4.78, 5) is 38.7. The number of anilines is 2. The van der Waals surface area contributed by atoms with Crippen molar-refractivity contribution < 1.29 is 23.7 Å². The minimum Gasteiger partial charge on any atom is -0.465 e. The van der Waals surface area contributed by atoms with E-state index in [1.807, 2.05) is 7.05 Å². The van der Waals surface area contributed by atoms with Gasteiger partial charge in [-0.3, -0.25) is 14.9 Å². The minimum atomic E-state index is -0.718. The Hall–Kier alpha value is -3.40. The minimum absolute atomic E-state index is 0.195. The second kappa shape index (κ2) is 8.09. The SMILES string of the molecule is COC(=O)c1ccc(N2CCN(C)CC2)c(NC(=O)c2ccc([N+](=O)[O-])o2)c1. The van der Waals surface area contributed by atoms with E-state index < -0.39 is 22.7 Å². The van der Waals surface area contributed by atoms with Crippen molar-refractivity contribution >= 4 is 29.1 Å². The summed E-state index contributed by atoms with van der Waals surface area (Å²) < 4.78 is 9.70. The van der Waals surface area contributed by atoms with Crippen molar-refractivity contribution in [2.45, 2.75) is 0 Å². The standard InChI is InChI=1S/C18H20N4O6/c1-20-7-9-21(10-8-20)14-4-3-12(18(24)27-2)11-13(14)19-17(23)15-5-6-16(28-15)22(25)26/h3-6,11H,7-10H2,1-2H3,(H,19,23). The van der Waals surface area contributed by atoms with Crippen LogP contribution in [0.4, 0.5) is 17.3 Å². The molecule has 1 fully saturated rings. The monoisotopic (exact) mass is 388 g/mol. The van der Waals surface area contributed by atoms with E-state index in [-0.39, 0.29) is 11.3 Å². The highest BCUT2D eigenvalue weighted by Crippen LogP contribution is 2.29. The van der Waals surface area contributed by atoms with Crippen LogP contribution in [-0.2, 0) is 4.74 Å². The molecule has 1 saturated heterocycles. The van der Waals surface area contributed by atoms with Gasteiger partial charge in [-0.15, -0.1) is 0 Å². The largest absolute Gasteiger partial charge is 0.465 e. The first kappa shape index (κ1) is 19.4. The summed E-state index contributed by atoms with van der Waals surface area (Å²) >= 11 is 0. The summed E-state index contributed by atoms with van der Waals surface area (Å²) in [6, 6.07) is 7.24. The predicted molar refractivity (Wildman–Crippen MR) is 101 cm³/mol. The molecule has 1 aromatic heterocycles. The number of benzene rings is 1. The number of nitro groups is 1. The number of carbonyl (C=O) groups excluding carboxylic acids is 2. The molecule has 2 heterocycles. The van der Waals surface area contributed by atoms with Crippen LogP contribution in [-0.4, -0.2) is 62.0 Å². The molecule has 1 N–H and O–H groups in total. The molecule has 1 aliphatic heterocycles. The Kier molecular flexibility index (Phi) is 5.59. The molecule has 0 radical (unpaired) electrons. The predicted octanol–water partition coefficient (Wildman–Crippen LogP) is 1.98. The van der Waals surface area contributed by atoms with Gasteiger partial charge in [0.05, 0.1) is 30.1 Å². The van der Waals surface area contributed by atoms with Crippen LogP contribution in [0.2, 0.25) is 0 Å². The van der Waals surface area contributed by atoms with Crippen LogP contribution in [0.15, 0.2) is 34.7 Å². The van der Waals surface area contributed by atoms with E-state index in [0.717, 1.165) is 37.9 Å². The molecule has 0 unspecified atom stereocenters. The lowest BCUT2D eigenvalue weighted by Gasteiger charge is -2.35. The third kappa shape index (κ3) is 4.12. The van der Waals surface area contributed by atoms with Gasteiger partial charge in [0.25, 0.3) is 5.91 Å². The first-order valence-corrected chi connectivity index (χ1v) is 8.60. The van der Waals surface area contributed by atoms with Gasteiger partial charge >= 0.3 is 11.9 Å². The highest BCUT2D eigenvalue weighted by molar-refractivity contribution is 6.05. The number of nitrogens with one attached hydrogen (secondary N) is 1. The average Bonchev–Trinajstić information content (AvgIpc) is 3.19. The maximum atomic E-state index is 12.5. The molecule has 0 saturated carbocycles. The molecule has 1 amide bonds. The van der Waals surface area contributed by atoms with Gasteiger partial charge in [-0.1, -0.05) is 0 Å². The molecule has 10 heteroatoms. The molecule has 1 aliphatic rings. The van der Waals surface area contributed by atoms with E-state index in [9.17, 15) is 19.7 Å². The lowest BCUT2D eigenvalue weighted by molar-refractivity contribution is -0.402. The summed E-state index contributed by atoms with van der Waals surface area (Å²) in [5.74, 6) is -1.90. The van der Waals surface area contributed by atoms with Gasteiger partial charge < -0.3 is 24.3 Å². The van der Waals surface area contributed by atoms with Crippen molar-refractivity contribution in [3.8, 4) is 0 Å². The molecule has 0 atom stereocenters. The number of esters is 1. The molecule has 1 aromatic carbocycles. The van der Waals surface area contributed by atoms with E-state index in [1.165, 1.54) is 19.2 Å². The number of hydrogen-bond donors (Lipinski definition) is 1. The van der Waals surface area contributed by atoms with Crippen molar-refractivity contribution in [2.24, 2.45) is 0 Å². The maximum absolute atomic E-state index is 12.5. The number of likely N-dealkylation sites (N-methyl/N-ethyl adjacent to an activating group) is 1. The van der Waals surface area contributed by atoms with E-state index in [2.05, 4.69) is 15.1 Å². The van der Waals surface area contributed by atoms with E-state index in [1.54, 1.807) is 12.1 Å². The van der Waals surface area contributed by atoms with E-state index >= 15 is 0 Å². The number of carbonyl (C=O) groups is 2. The van der Waals surface area contributed by atoms with Crippen molar-refractivity contribution in [3.63, 3.8) is 0 Å². The number of nitrogens with zero attached hydrogens (tertiary/aromatic N) is 3. The van der Waals surface area contributed by atoms with Crippen LogP contribution in [0.1, 0.15) is 20.9 Å². The Balaban J connectivity index is 1.90. The fraction of sp³-hybridized carbons (Fsp3) is 0.333. The van der Waals surface area contributed by atoms with Crippen LogP contribution in [0.25, 0.3) is 0 Å². The average molecular weight is 388 g/mol. The Morgan fingerprint density at radius 2 is 1.89 bits per heavy atom. The lowest BCUT2D eigenvalue weighted by Crippen LogP contribution is -2.44. The van der Waals surface area contributed by atoms with Crippen LogP contribution >= 0.6 is 0 Å². The molecule has 148 valence electrons. The smallest absolute Gasteiger partial charge is 0.433 e. The van der Waals surface area contributed by atoms with Gasteiger partial charge in [0, 0.05) is 26.2 Å². The van der Waals surface area contributed by atoms with Gasteiger partial charge in [-0.25, -0.2) is 4.79 Å². The summed E-state index contributed by atoms with van der Waals surface area (Å²) in [6.07, 6.45) is 0. The summed E-state index contributed by atoms with van der Waals surface area (Å²) in [5, 5.41) is 13.4. The lowest BCUT2D eigenvalue weighted by atomic mass is 10.1. The number of hydrogen-bond acceptors (Lipinski definition) is 8. The molecule has 0 aliphatic carbocycles. The van der Waals surface area contributed by atoms with Crippen molar-refractivity contribution in [1.82, 2.24) is 4.90 Å². The number of ether oxygens (including phenoxy) is 1. The number of amides is 1. The fourth-order valence-corrected chi connectivity index (χ4v) is 2.94. The number of rotatable bonds is 5. The number of piperazine rings is 1. The first-order chi connectivity index (χ1) is 13.4. The van der Waals surface area contributed by atoms with Crippen molar-refractivity contribution in [2.75, 3.05) is 50.6 Å². The van der Waals surface area contributed by atoms with Crippen molar-refractivity contribution in [1.29, 1.82) is 0 Å². The third-order valence-electron chi connectivity index (χ3n) is 4.51. The molecule has 2 aromatic rings. The highest BCUT2D eigenvalue weighted by atomic mass is 16.6. The maximum Gasteiger partial charge on any atom is 0.433 e. The Bertz CT molecular complexity index is 901. The summed E-state index contributed by atoms with van der Waals surface area (Å²) in [7, 11) is 3.31. The normalized spacial score (nSPS) is 14.6. The Morgan fingerprint density at radius 1 is 1.18 bits per heavy atom. The Labute approximate surface area is 160 Å². The van der Waals surface area contributed by atoms with Crippen molar-refractivity contribution in [3.05, 3.63) is 51.8 Å². The second-order valence-corrected chi connectivity index (χ2v) is 6.36. The zero-order valence-electron chi connectivity index (χ0n) is 15.5. The van der Waals surface area contributed by atoms with Gasteiger partial charge in [0.1, 0.15) is 4.92 Å². The topological polar surface area (TPSA) is 118 Å². The zero-order chi connectivity index (χ0) is 20.3. The van der Waals surface area contributed by atoms with Gasteiger partial charge in [-0.05, 0) is 31.3 Å². The zero-order valence-corrected chi connectivity index (χ0v) is 15.5. The van der Waals surface area contributed by atoms with Crippen LogP contribution in [0.5, 0.6) is 0 Å². The number of furan rings is 1. The summed E-state index contributed by atoms with van der Waals surface area (Å²) in [6.45, 7) is 3.22. The molecular weight excluding hydrogens is 368 g/mol. The number of methoxy groups -OCH3 is 1. The fourth-order valence-electron chi connectivity index (χ4n) is 2.94. The Morgan fingerprint density at radius 3 is 2.50 bits per heavy atom. The molecule has 3 rings (SSSR count). The molecule has 10 nitrogen and oxygen atoms in total. The molecular formula is C18H20N4O6. The molecule has 0 bridgehead atoms. The van der Waals surface area contributed by atoms with Gasteiger partial charge in [0.2, 0.25) is 0 Å². The van der Waals surface area contributed by atoms with Gasteiger partial charge in [0.15, 0.2) is 5.76 Å². The van der Waals surface area contributed by atoms with Crippen LogP contribution in [0, 0.1) is 10.1 Å². The summed E-state index contributed by atoms with van der Waals surface area (Å²) in [5.41, 5.74) is 1.42. The van der Waals surface area contributed by atoms with Crippen LogP contribution in [0.3, 0.4) is 0 Å². The quantitative estimate of drug-likeness (QED) is 0.469. The van der Waals surface area contributed by atoms with Crippen LogP contribution < -0.4 is 10.2 Å².